The SMILES string of the molecule is C=Nc1cc(OCCCCCOc2cc(N)c(C(=O)O)cc2OC)c(OC)cc1C(=O)N1CCC(=C)C1. The molecule has 1 amide bonds. The van der Waals surface area contributed by atoms with Gasteiger partial charge in [0.2, 0.25) is 0 Å². The lowest BCUT2D eigenvalue weighted by atomic mass is 10.1. The summed E-state index contributed by atoms with van der Waals surface area (Å²) in [5.74, 6) is 0.374. The minimum absolute atomic E-state index is 0.0362. The number of benzene rings is 2. The number of ether oxygens (including phenoxy) is 4. The van der Waals surface area contributed by atoms with Gasteiger partial charge in [0.25, 0.3) is 5.91 Å². The number of aliphatic imine (C=N–C) groups is 1. The Hall–Kier alpha value is -4.21. The molecule has 1 aliphatic heterocycles. The van der Waals surface area contributed by atoms with Crippen molar-refractivity contribution >= 4 is 30.0 Å². The third kappa shape index (κ3) is 6.72. The average molecular weight is 512 g/mol. The Bertz CT molecular complexity index is 1180. The lowest BCUT2D eigenvalue weighted by molar-refractivity contribution is 0.0696. The van der Waals surface area contributed by atoms with Gasteiger partial charge in [-0.15, -0.1) is 0 Å². The number of carboxylic acid groups (broad SMARTS) is 1. The zero-order chi connectivity index (χ0) is 26.9. The number of carbonyl (C=O) groups is 2. The number of rotatable bonds is 13. The Balaban J connectivity index is 1.51. The van der Waals surface area contributed by atoms with Crippen LogP contribution in [0.4, 0.5) is 11.4 Å². The third-order valence-electron chi connectivity index (χ3n) is 5.99. The highest BCUT2D eigenvalue weighted by atomic mass is 16.5. The smallest absolute Gasteiger partial charge is 0.337 e. The molecular formula is C27H33N3O7. The number of nitrogens with zero attached hydrogens (tertiary/aromatic N) is 2. The second-order valence-electron chi connectivity index (χ2n) is 8.56. The number of hydrogen-bond donors (Lipinski definition) is 2. The summed E-state index contributed by atoms with van der Waals surface area (Å²) in [4.78, 5) is 30.0. The van der Waals surface area contributed by atoms with Gasteiger partial charge in [0.05, 0.1) is 49.9 Å². The van der Waals surface area contributed by atoms with Crippen molar-refractivity contribution in [2.45, 2.75) is 25.7 Å². The molecule has 0 aromatic heterocycles. The summed E-state index contributed by atoms with van der Waals surface area (Å²) < 4.78 is 22.3. The summed E-state index contributed by atoms with van der Waals surface area (Å²) in [6, 6.07) is 6.12. The molecule has 3 N–H and O–H groups in total. The maximum atomic E-state index is 13.0. The molecule has 1 heterocycles. The van der Waals surface area contributed by atoms with E-state index in [1.165, 1.54) is 26.4 Å². The van der Waals surface area contributed by atoms with Crippen LogP contribution in [-0.2, 0) is 0 Å². The number of carboxylic acids is 1. The first-order valence-electron chi connectivity index (χ1n) is 11.9. The van der Waals surface area contributed by atoms with Crippen LogP contribution in [0.3, 0.4) is 0 Å². The molecule has 0 saturated carbocycles. The Kier molecular flexibility index (Phi) is 9.37. The van der Waals surface area contributed by atoms with Gasteiger partial charge in [0.15, 0.2) is 23.0 Å². The summed E-state index contributed by atoms with van der Waals surface area (Å²) in [7, 11) is 2.96. The van der Waals surface area contributed by atoms with E-state index >= 15 is 0 Å². The Morgan fingerprint density at radius 3 is 2.08 bits per heavy atom. The number of amides is 1. The number of nitrogen functional groups attached to an aromatic ring is 1. The van der Waals surface area contributed by atoms with Gasteiger partial charge >= 0.3 is 5.97 Å². The lowest BCUT2D eigenvalue weighted by Gasteiger charge is -2.18. The molecule has 10 nitrogen and oxygen atoms in total. The minimum atomic E-state index is -1.13. The van der Waals surface area contributed by atoms with E-state index in [-0.39, 0.29) is 17.2 Å². The number of aromatic carboxylic acids is 1. The van der Waals surface area contributed by atoms with Crippen LogP contribution < -0.4 is 24.7 Å². The quantitative estimate of drug-likeness (QED) is 0.176. The van der Waals surface area contributed by atoms with Crippen molar-refractivity contribution in [2.75, 3.05) is 46.3 Å². The van der Waals surface area contributed by atoms with E-state index in [4.69, 9.17) is 24.7 Å². The summed E-state index contributed by atoms with van der Waals surface area (Å²) >= 11 is 0. The maximum Gasteiger partial charge on any atom is 0.337 e. The molecule has 1 fully saturated rings. The van der Waals surface area contributed by atoms with E-state index in [9.17, 15) is 14.7 Å². The molecule has 0 bridgehead atoms. The van der Waals surface area contributed by atoms with Crippen LogP contribution in [0.15, 0.2) is 41.4 Å². The highest BCUT2D eigenvalue weighted by molar-refractivity contribution is 6.00. The molecule has 2 aromatic carbocycles. The molecule has 2 aromatic rings. The number of nitrogens with two attached hydrogens (primary N) is 1. The summed E-state index contributed by atoms with van der Waals surface area (Å²) in [6.07, 6.45) is 3.09. The number of carbonyl (C=O) groups excluding carboxylic acids is 1. The zero-order valence-corrected chi connectivity index (χ0v) is 21.2. The van der Waals surface area contributed by atoms with Crippen LogP contribution >= 0.6 is 0 Å². The standard InChI is InChI=1S/C27H33N3O7/c1-17-8-9-30(16-17)26(31)19-13-23(35-4)25(15-21(19)29-2)37-11-7-5-6-10-36-24-14-20(28)18(27(32)33)12-22(24)34-3/h12-15H,1-2,5-11,16,28H2,3-4H3,(H,32,33). The van der Waals surface area contributed by atoms with Crippen LogP contribution in [0.2, 0.25) is 0 Å². The summed E-state index contributed by atoms with van der Waals surface area (Å²) in [5, 5.41) is 9.18. The fraction of sp³-hybridized carbons (Fsp3) is 0.370. The van der Waals surface area contributed by atoms with Crippen molar-refractivity contribution in [3.8, 4) is 23.0 Å². The van der Waals surface area contributed by atoms with E-state index in [1.54, 1.807) is 17.0 Å². The van der Waals surface area contributed by atoms with Crippen LogP contribution in [0, 0.1) is 0 Å². The molecule has 0 unspecified atom stereocenters. The van der Waals surface area contributed by atoms with E-state index < -0.39 is 5.97 Å². The first-order chi connectivity index (χ1) is 17.8. The van der Waals surface area contributed by atoms with Crippen molar-refractivity contribution in [2.24, 2.45) is 4.99 Å². The minimum Gasteiger partial charge on any atom is -0.493 e. The monoisotopic (exact) mass is 511 g/mol. The molecule has 0 aliphatic carbocycles. The van der Waals surface area contributed by atoms with Gasteiger partial charge in [-0.25, -0.2) is 4.79 Å². The molecule has 37 heavy (non-hydrogen) atoms. The summed E-state index contributed by atoms with van der Waals surface area (Å²) in [6.45, 7) is 9.55. The van der Waals surface area contributed by atoms with Gasteiger partial charge in [-0.3, -0.25) is 9.79 Å². The van der Waals surface area contributed by atoms with Gasteiger partial charge in [-0.05, 0) is 38.5 Å². The van der Waals surface area contributed by atoms with Gasteiger partial charge in [-0.1, -0.05) is 12.2 Å². The molecule has 0 spiro atoms. The molecule has 1 saturated heterocycles. The van der Waals surface area contributed by atoms with Gasteiger partial charge in [-0.2, -0.15) is 0 Å². The highest BCUT2D eigenvalue weighted by Gasteiger charge is 2.25. The molecule has 198 valence electrons. The molecule has 1 aliphatic rings. The predicted octanol–water partition coefficient (Wildman–Crippen LogP) is 4.35. The first kappa shape index (κ1) is 27.4. The zero-order valence-electron chi connectivity index (χ0n) is 21.2. The van der Waals surface area contributed by atoms with Crippen molar-refractivity contribution in [1.29, 1.82) is 0 Å². The first-order valence-corrected chi connectivity index (χ1v) is 11.9. The lowest BCUT2D eigenvalue weighted by Crippen LogP contribution is -2.27. The Labute approximate surface area is 216 Å². The number of methoxy groups -OCH3 is 2. The van der Waals surface area contributed by atoms with Gasteiger partial charge < -0.3 is 34.7 Å². The topological polar surface area (TPSA) is 133 Å². The van der Waals surface area contributed by atoms with Crippen LogP contribution in [0.1, 0.15) is 46.4 Å². The number of unbranched alkanes of at least 4 members (excludes halogenated alkanes) is 2. The number of anilines is 1. The van der Waals surface area contributed by atoms with Crippen LogP contribution in [0.5, 0.6) is 23.0 Å². The Morgan fingerprint density at radius 2 is 1.57 bits per heavy atom. The number of likely N-dealkylation sites (tertiary alicyclic amines) is 1. The molecule has 0 radical (unpaired) electrons. The van der Waals surface area contributed by atoms with Gasteiger partial charge in [0.1, 0.15) is 0 Å². The van der Waals surface area contributed by atoms with Crippen LogP contribution in [0.25, 0.3) is 0 Å². The Morgan fingerprint density at radius 1 is 0.973 bits per heavy atom. The van der Waals surface area contributed by atoms with Crippen LogP contribution in [-0.4, -0.2) is 69.1 Å². The third-order valence-corrected chi connectivity index (χ3v) is 5.99. The predicted molar refractivity (Wildman–Crippen MR) is 141 cm³/mol. The second-order valence-corrected chi connectivity index (χ2v) is 8.56. The molecule has 10 heteroatoms. The van der Waals surface area contributed by atoms with Gasteiger partial charge in [0, 0.05) is 31.3 Å². The van der Waals surface area contributed by atoms with Crippen molar-refractivity contribution < 1.29 is 33.6 Å². The second kappa shape index (κ2) is 12.7. The van der Waals surface area contributed by atoms with E-state index in [2.05, 4.69) is 18.3 Å². The van der Waals surface area contributed by atoms with E-state index in [0.717, 1.165) is 31.3 Å². The highest BCUT2D eigenvalue weighted by Crippen LogP contribution is 2.36. The average Bonchev–Trinajstić information content (AvgIpc) is 3.33. The van der Waals surface area contributed by atoms with Crippen molar-refractivity contribution in [3.05, 3.63) is 47.5 Å². The molecule has 0 atom stereocenters. The van der Waals surface area contributed by atoms with Crippen molar-refractivity contribution in [3.63, 3.8) is 0 Å². The van der Waals surface area contributed by atoms with Crippen molar-refractivity contribution in [1.82, 2.24) is 4.90 Å². The normalized spacial score (nSPS) is 12.8. The fourth-order valence-electron chi connectivity index (χ4n) is 3.97. The van der Waals surface area contributed by atoms with E-state index in [0.29, 0.717) is 60.6 Å². The summed E-state index contributed by atoms with van der Waals surface area (Å²) in [5.41, 5.74) is 7.75. The molecule has 3 rings (SSSR count). The maximum absolute atomic E-state index is 13.0. The fourth-order valence-corrected chi connectivity index (χ4v) is 3.97. The molecular weight excluding hydrogens is 478 g/mol. The van der Waals surface area contributed by atoms with E-state index in [1.807, 2.05) is 0 Å². The largest absolute Gasteiger partial charge is 0.493 e. The number of hydrogen-bond acceptors (Lipinski definition) is 8.